The van der Waals surface area contributed by atoms with Gasteiger partial charge in [0.25, 0.3) is 5.91 Å². The minimum Gasteiger partial charge on any atom is -0.397 e. The zero-order chi connectivity index (χ0) is 15.7. The molecular formula is C14H22N4O3. The maximum atomic E-state index is 11.6. The van der Waals surface area contributed by atoms with Gasteiger partial charge in [-0.15, -0.1) is 0 Å². The van der Waals surface area contributed by atoms with Crippen molar-refractivity contribution in [2.45, 2.75) is 6.42 Å². The minimum absolute atomic E-state index is 0.0689. The maximum Gasteiger partial charge on any atom is 0.251 e. The number of rotatable bonds is 8. The van der Waals surface area contributed by atoms with E-state index in [1.165, 1.54) is 0 Å². The molecule has 116 valence electrons. The predicted molar refractivity (Wildman–Crippen MR) is 82.2 cm³/mol. The first kappa shape index (κ1) is 16.8. The fourth-order valence-electron chi connectivity index (χ4n) is 1.69. The van der Waals surface area contributed by atoms with Gasteiger partial charge >= 0.3 is 0 Å². The van der Waals surface area contributed by atoms with Crippen molar-refractivity contribution in [1.29, 1.82) is 0 Å². The van der Waals surface area contributed by atoms with Crippen molar-refractivity contribution in [3.63, 3.8) is 0 Å². The van der Waals surface area contributed by atoms with Gasteiger partial charge in [0.2, 0.25) is 5.91 Å². The van der Waals surface area contributed by atoms with Crippen LogP contribution in [0.5, 0.6) is 0 Å². The molecule has 0 saturated carbocycles. The third-order valence-electron chi connectivity index (χ3n) is 2.84. The van der Waals surface area contributed by atoms with E-state index in [4.69, 9.17) is 10.5 Å². The summed E-state index contributed by atoms with van der Waals surface area (Å²) < 4.78 is 4.84. The summed E-state index contributed by atoms with van der Waals surface area (Å²) >= 11 is 0. The third kappa shape index (κ3) is 5.70. The van der Waals surface area contributed by atoms with Gasteiger partial charge in [-0.25, -0.2) is 0 Å². The Kier molecular flexibility index (Phi) is 7.03. The van der Waals surface area contributed by atoms with Crippen LogP contribution in [0.4, 0.5) is 11.4 Å². The van der Waals surface area contributed by atoms with E-state index in [1.54, 1.807) is 32.4 Å². The number of nitrogens with two attached hydrogens (primary N) is 1. The van der Waals surface area contributed by atoms with E-state index in [2.05, 4.69) is 16.0 Å². The molecule has 1 aromatic rings. The number of ether oxygens (including phenoxy) is 1. The Hall–Kier alpha value is -2.28. The summed E-state index contributed by atoms with van der Waals surface area (Å²) in [6.07, 6.45) is 0.313. The van der Waals surface area contributed by atoms with Crippen LogP contribution in [0.2, 0.25) is 0 Å². The lowest BCUT2D eigenvalue weighted by atomic mass is 10.1. The standard InChI is InChI=1S/C14H22N4O3/c1-16-14(20)10-3-4-11(15)12(9-10)17-6-5-13(19)18-7-8-21-2/h3-4,9,17H,5-8,15H2,1-2H3,(H,16,20)(H,18,19). The summed E-state index contributed by atoms with van der Waals surface area (Å²) in [5.74, 6) is -0.254. The molecule has 7 nitrogen and oxygen atoms in total. The van der Waals surface area contributed by atoms with E-state index >= 15 is 0 Å². The fourth-order valence-corrected chi connectivity index (χ4v) is 1.69. The molecule has 1 aromatic carbocycles. The van der Waals surface area contributed by atoms with E-state index in [9.17, 15) is 9.59 Å². The first-order valence-electron chi connectivity index (χ1n) is 6.69. The Bertz CT molecular complexity index is 491. The highest BCUT2D eigenvalue weighted by Gasteiger charge is 2.07. The van der Waals surface area contributed by atoms with Gasteiger partial charge in [0, 0.05) is 39.2 Å². The number of carbonyl (C=O) groups is 2. The number of amides is 2. The monoisotopic (exact) mass is 294 g/mol. The molecule has 21 heavy (non-hydrogen) atoms. The minimum atomic E-state index is -0.185. The second-order valence-corrected chi connectivity index (χ2v) is 4.40. The molecule has 5 N–H and O–H groups in total. The average Bonchev–Trinajstić information content (AvgIpc) is 2.48. The van der Waals surface area contributed by atoms with E-state index in [0.29, 0.717) is 43.1 Å². The highest BCUT2D eigenvalue weighted by molar-refractivity contribution is 5.96. The van der Waals surface area contributed by atoms with Crippen molar-refractivity contribution in [1.82, 2.24) is 10.6 Å². The Morgan fingerprint density at radius 2 is 2.05 bits per heavy atom. The summed E-state index contributed by atoms with van der Waals surface area (Å²) in [6.45, 7) is 1.41. The SMILES string of the molecule is CNC(=O)c1ccc(N)c(NCCC(=O)NCCOC)c1. The smallest absolute Gasteiger partial charge is 0.251 e. The molecule has 2 amide bonds. The van der Waals surface area contributed by atoms with Gasteiger partial charge in [-0.05, 0) is 18.2 Å². The molecule has 0 aromatic heterocycles. The van der Waals surface area contributed by atoms with Crippen molar-refractivity contribution in [2.24, 2.45) is 0 Å². The number of hydrogen-bond donors (Lipinski definition) is 4. The number of carbonyl (C=O) groups excluding carboxylic acids is 2. The lowest BCUT2D eigenvalue weighted by Crippen LogP contribution is -2.28. The highest BCUT2D eigenvalue weighted by atomic mass is 16.5. The first-order chi connectivity index (χ1) is 10.1. The lowest BCUT2D eigenvalue weighted by molar-refractivity contribution is -0.121. The Labute approximate surface area is 124 Å². The van der Waals surface area contributed by atoms with Crippen molar-refractivity contribution in [3.8, 4) is 0 Å². The van der Waals surface area contributed by atoms with Crippen LogP contribution in [-0.4, -0.2) is 45.7 Å². The number of benzene rings is 1. The molecule has 0 aliphatic carbocycles. The molecular weight excluding hydrogens is 272 g/mol. The molecule has 0 bridgehead atoms. The normalized spacial score (nSPS) is 10.0. The summed E-state index contributed by atoms with van der Waals surface area (Å²) in [5.41, 5.74) is 7.52. The number of hydrogen-bond acceptors (Lipinski definition) is 5. The lowest BCUT2D eigenvalue weighted by Gasteiger charge is -2.11. The Morgan fingerprint density at radius 1 is 1.29 bits per heavy atom. The largest absolute Gasteiger partial charge is 0.397 e. The predicted octanol–water partition coefficient (Wildman–Crippen LogP) is 0.193. The van der Waals surface area contributed by atoms with Crippen LogP contribution >= 0.6 is 0 Å². The third-order valence-corrected chi connectivity index (χ3v) is 2.84. The van der Waals surface area contributed by atoms with Crippen LogP contribution in [0.3, 0.4) is 0 Å². The fraction of sp³-hybridized carbons (Fsp3) is 0.429. The summed E-state index contributed by atoms with van der Waals surface area (Å²) in [4.78, 5) is 23.1. The molecule has 0 atom stereocenters. The van der Waals surface area contributed by atoms with Crippen LogP contribution in [0, 0.1) is 0 Å². The molecule has 0 aliphatic rings. The molecule has 7 heteroatoms. The molecule has 0 unspecified atom stereocenters. The van der Waals surface area contributed by atoms with Crippen LogP contribution < -0.4 is 21.7 Å². The zero-order valence-corrected chi connectivity index (χ0v) is 12.4. The average molecular weight is 294 g/mol. The molecule has 0 heterocycles. The summed E-state index contributed by atoms with van der Waals surface area (Å²) in [7, 11) is 3.14. The van der Waals surface area contributed by atoms with Gasteiger partial charge < -0.3 is 26.4 Å². The van der Waals surface area contributed by atoms with Crippen LogP contribution in [-0.2, 0) is 9.53 Å². The number of nitrogen functional groups attached to an aromatic ring is 1. The van der Waals surface area contributed by atoms with Crippen molar-refractivity contribution >= 4 is 23.2 Å². The maximum absolute atomic E-state index is 11.6. The van der Waals surface area contributed by atoms with E-state index in [-0.39, 0.29) is 11.8 Å². The van der Waals surface area contributed by atoms with Gasteiger partial charge in [-0.2, -0.15) is 0 Å². The molecule has 1 rings (SSSR count). The molecule has 0 radical (unpaired) electrons. The number of anilines is 2. The van der Waals surface area contributed by atoms with E-state index in [1.807, 2.05) is 0 Å². The van der Waals surface area contributed by atoms with Gasteiger partial charge in [-0.3, -0.25) is 9.59 Å². The van der Waals surface area contributed by atoms with Crippen LogP contribution in [0.15, 0.2) is 18.2 Å². The number of methoxy groups -OCH3 is 1. The van der Waals surface area contributed by atoms with Crippen LogP contribution in [0.1, 0.15) is 16.8 Å². The van der Waals surface area contributed by atoms with Gasteiger partial charge in [0.1, 0.15) is 0 Å². The molecule has 0 fully saturated rings. The zero-order valence-electron chi connectivity index (χ0n) is 12.4. The summed E-state index contributed by atoms with van der Waals surface area (Å²) in [5, 5.41) is 8.33. The second kappa shape index (κ2) is 8.80. The topological polar surface area (TPSA) is 105 Å². The van der Waals surface area contributed by atoms with Gasteiger partial charge in [0.15, 0.2) is 0 Å². The Morgan fingerprint density at radius 3 is 2.71 bits per heavy atom. The van der Waals surface area contributed by atoms with Crippen molar-refractivity contribution in [2.75, 3.05) is 44.9 Å². The van der Waals surface area contributed by atoms with E-state index < -0.39 is 0 Å². The molecule has 0 aliphatic heterocycles. The first-order valence-corrected chi connectivity index (χ1v) is 6.69. The summed E-state index contributed by atoms with van der Waals surface area (Å²) in [6, 6.07) is 4.97. The Balaban J connectivity index is 2.47. The van der Waals surface area contributed by atoms with E-state index in [0.717, 1.165) is 0 Å². The van der Waals surface area contributed by atoms with Crippen molar-refractivity contribution < 1.29 is 14.3 Å². The van der Waals surface area contributed by atoms with Gasteiger partial charge in [0.05, 0.1) is 18.0 Å². The molecule has 0 saturated heterocycles. The molecule has 0 spiro atoms. The van der Waals surface area contributed by atoms with Crippen LogP contribution in [0.25, 0.3) is 0 Å². The number of nitrogens with one attached hydrogen (secondary N) is 3. The quantitative estimate of drug-likeness (QED) is 0.405. The van der Waals surface area contributed by atoms with Crippen molar-refractivity contribution in [3.05, 3.63) is 23.8 Å². The second-order valence-electron chi connectivity index (χ2n) is 4.40. The highest BCUT2D eigenvalue weighted by Crippen LogP contribution is 2.19. The van der Waals surface area contributed by atoms with Gasteiger partial charge in [-0.1, -0.05) is 0 Å².